The van der Waals surface area contributed by atoms with E-state index in [2.05, 4.69) is 21.2 Å². The van der Waals surface area contributed by atoms with Gasteiger partial charge < -0.3 is 9.64 Å². The Morgan fingerprint density at radius 3 is 2.26 bits per heavy atom. The first-order valence-corrected chi connectivity index (χ1v) is 12.3. The van der Waals surface area contributed by atoms with E-state index in [1.54, 1.807) is 72.5 Å². The fourth-order valence-electron chi connectivity index (χ4n) is 3.02. The minimum absolute atomic E-state index is 0.0981. The quantitative estimate of drug-likeness (QED) is 0.238. The molecule has 0 aliphatic carbocycles. The number of hydrogen-bond acceptors (Lipinski definition) is 4. The molecule has 0 aromatic heterocycles. The molecule has 176 valence electrons. The summed E-state index contributed by atoms with van der Waals surface area (Å²) in [5, 5.41) is 3.99. The number of nitrogens with zero attached hydrogens (tertiary/aromatic N) is 1. The number of ether oxygens (including phenoxy) is 1. The number of nitrogens with one attached hydrogen (secondary N) is 1. The van der Waals surface area contributed by atoms with E-state index in [0.717, 1.165) is 0 Å². The number of hydrogen-bond donors (Lipinski definition) is 1. The van der Waals surface area contributed by atoms with Crippen molar-refractivity contribution >= 4 is 85.6 Å². The number of halogens is 4. The number of esters is 1. The standard InChI is InChI=1S/C24H18BrCl3N2O3S/c1-2-33-23(32)14-6-9-16(10-7-14)30(13-18-19(26)4-3-5-20(18)27)24(34)29-22(31)17-12-15(25)8-11-21(17)28/h3-12H,2,13H2,1H3,(H,29,31,34). The lowest BCUT2D eigenvalue weighted by Gasteiger charge is -2.27. The molecule has 0 heterocycles. The minimum Gasteiger partial charge on any atom is -0.462 e. The van der Waals surface area contributed by atoms with E-state index in [9.17, 15) is 9.59 Å². The molecule has 0 unspecified atom stereocenters. The number of thiocarbonyl (C=S) groups is 1. The second-order valence-corrected chi connectivity index (χ2v) is 9.46. The van der Waals surface area contributed by atoms with Crippen molar-refractivity contribution in [2.75, 3.05) is 11.5 Å². The lowest BCUT2D eigenvalue weighted by molar-refractivity contribution is 0.0526. The summed E-state index contributed by atoms with van der Waals surface area (Å²) >= 11 is 27.9. The normalized spacial score (nSPS) is 10.5. The summed E-state index contributed by atoms with van der Waals surface area (Å²) in [6, 6.07) is 16.7. The summed E-state index contributed by atoms with van der Waals surface area (Å²) in [5.41, 5.74) is 1.87. The smallest absolute Gasteiger partial charge is 0.338 e. The highest BCUT2D eigenvalue weighted by molar-refractivity contribution is 9.10. The Hall–Kier alpha value is -2.16. The van der Waals surface area contributed by atoms with Crippen molar-refractivity contribution in [3.05, 3.63) is 96.9 Å². The molecular formula is C24H18BrCl3N2O3S. The summed E-state index contributed by atoms with van der Waals surface area (Å²) < 4.78 is 5.74. The van der Waals surface area contributed by atoms with Crippen LogP contribution >= 0.6 is 63.0 Å². The molecule has 1 amide bonds. The molecule has 1 N–H and O–H groups in total. The molecule has 0 saturated carbocycles. The number of rotatable bonds is 6. The van der Waals surface area contributed by atoms with Crippen LogP contribution in [0.2, 0.25) is 15.1 Å². The molecule has 0 aliphatic heterocycles. The summed E-state index contributed by atoms with van der Waals surface area (Å²) in [4.78, 5) is 26.6. The largest absolute Gasteiger partial charge is 0.462 e. The van der Waals surface area contributed by atoms with Crippen LogP contribution in [0.5, 0.6) is 0 Å². The van der Waals surface area contributed by atoms with E-state index in [4.69, 9.17) is 51.8 Å². The first-order chi connectivity index (χ1) is 16.2. The van der Waals surface area contributed by atoms with Crippen molar-refractivity contribution in [2.24, 2.45) is 0 Å². The second kappa shape index (κ2) is 12.0. The molecule has 0 spiro atoms. The maximum atomic E-state index is 12.9. The van der Waals surface area contributed by atoms with Gasteiger partial charge in [-0.15, -0.1) is 0 Å². The Morgan fingerprint density at radius 2 is 1.65 bits per heavy atom. The number of anilines is 1. The monoisotopic (exact) mass is 598 g/mol. The number of carbonyl (C=O) groups is 2. The molecule has 0 saturated heterocycles. The number of amides is 1. The van der Waals surface area contributed by atoms with Gasteiger partial charge in [-0.2, -0.15) is 0 Å². The highest BCUT2D eigenvalue weighted by Gasteiger charge is 2.21. The zero-order chi connectivity index (χ0) is 24.8. The lowest BCUT2D eigenvalue weighted by atomic mass is 10.1. The second-order valence-electron chi connectivity index (χ2n) is 6.94. The summed E-state index contributed by atoms with van der Waals surface area (Å²) in [6.07, 6.45) is 0. The molecule has 3 aromatic carbocycles. The maximum Gasteiger partial charge on any atom is 0.338 e. The summed E-state index contributed by atoms with van der Waals surface area (Å²) in [7, 11) is 0. The Bertz CT molecular complexity index is 1220. The average Bonchev–Trinajstić information content (AvgIpc) is 2.80. The highest BCUT2D eigenvalue weighted by atomic mass is 79.9. The van der Waals surface area contributed by atoms with E-state index in [1.807, 2.05) is 0 Å². The molecule has 3 aromatic rings. The molecule has 10 heteroatoms. The third-order valence-electron chi connectivity index (χ3n) is 4.71. The van der Waals surface area contributed by atoms with E-state index in [1.165, 1.54) is 0 Å². The van der Waals surface area contributed by atoms with Crippen LogP contribution in [0.4, 0.5) is 5.69 Å². The Balaban J connectivity index is 1.94. The molecule has 0 fully saturated rings. The van der Waals surface area contributed by atoms with Gasteiger partial charge in [0.2, 0.25) is 0 Å². The Labute approximate surface area is 226 Å². The fourth-order valence-corrected chi connectivity index (χ4v) is 4.36. The molecule has 34 heavy (non-hydrogen) atoms. The zero-order valence-corrected chi connectivity index (χ0v) is 22.5. The van der Waals surface area contributed by atoms with Gasteiger partial charge in [0.15, 0.2) is 5.11 Å². The number of carbonyl (C=O) groups excluding carboxylic acids is 2. The lowest BCUT2D eigenvalue weighted by Crippen LogP contribution is -2.42. The van der Waals surface area contributed by atoms with Gasteiger partial charge in [-0.25, -0.2) is 4.79 Å². The predicted molar refractivity (Wildman–Crippen MR) is 144 cm³/mol. The molecule has 3 rings (SSSR count). The van der Waals surface area contributed by atoms with Crippen molar-refractivity contribution < 1.29 is 14.3 Å². The van der Waals surface area contributed by atoms with Crippen molar-refractivity contribution in [2.45, 2.75) is 13.5 Å². The van der Waals surface area contributed by atoms with Crippen LogP contribution in [-0.4, -0.2) is 23.6 Å². The SMILES string of the molecule is CCOC(=O)c1ccc(N(Cc2c(Cl)cccc2Cl)C(=S)NC(=O)c2cc(Br)ccc2Cl)cc1. The van der Waals surface area contributed by atoms with Crippen molar-refractivity contribution in [3.63, 3.8) is 0 Å². The summed E-state index contributed by atoms with van der Waals surface area (Å²) in [6.45, 7) is 2.18. The van der Waals surface area contributed by atoms with Gasteiger partial charge >= 0.3 is 5.97 Å². The van der Waals surface area contributed by atoms with E-state index in [-0.39, 0.29) is 28.9 Å². The molecule has 0 bridgehead atoms. The van der Waals surface area contributed by atoms with Gasteiger partial charge in [0.25, 0.3) is 5.91 Å². The predicted octanol–water partition coefficient (Wildman–Crippen LogP) is 7.31. The van der Waals surface area contributed by atoms with Gasteiger partial charge in [0.1, 0.15) is 0 Å². The molecule has 0 atom stereocenters. The van der Waals surface area contributed by atoms with E-state index in [0.29, 0.717) is 31.3 Å². The average molecular weight is 601 g/mol. The van der Waals surface area contributed by atoms with Gasteiger partial charge in [0.05, 0.1) is 29.3 Å². The van der Waals surface area contributed by atoms with Crippen LogP contribution in [0, 0.1) is 0 Å². The third kappa shape index (κ3) is 6.49. The molecule has 0 aliphatic rings. The minimum atomic E-state index is -0.477. The molecular weight excluding hydrogens is 583 g/mol. The van der Waals surface area contributed by atoms with Crippen molar-refractivity contribution in [1.82, 2.24) is 5.32 Å². The van der Waals surface area contributed by atoms with Crippen LogP contribution in [-0.2, 0) is 11.3 Å². The fraction of sp³-hybridized carbons (Fsp3) is 0.125. The topological polar surface area (TPSA) is 58.6 Å². The van der Waals surface area contributed by atoms with Gasteiger partial charge in [0, 0.05) is 25.8 Å². The third-order valence-corrected chi connectivity index (χ3v) is 6.56. The van der Waals surface area contributed by atoms with Crippen LogP contribution in [0.3, 0.4) is 0 Å². The molecule has 0 radical (unpaired) electrons. The van der Waals surface area contributed by atoms with Crippen LogP contribution in [0.1, 0.15) is 33.2 Å². The van der Waals surface area contributed by atoms with Crippen LogP contribution in [0.15, 0.2) is 65.1 Å². The van der Waals surface area contributed by atoms with Gasteiger partial charge in [-0.3, -0.25) is 10.1 Å². The van der Waals surface area contributed by atoms with Crippen LogP contribution < -0.4 is 10.2 Å². The van der Waals surface area contributed by atoms with Crippen LogP contribution in [0.25, 0.3) is 0 Å². The first-order valence-electron chi connectivity index (χ1n) is 9.99. The van der Waals surface area contributed by atoms with E-state index >= 15 is 0 Å². The van der Waals surface area contributed by atoms with Crippen molar-refractivity contribution in [1.29, 1.82) is 0 Å². The van der Waals surface area contributed by atoms with E-state index < -0.39 is 11.9 Å². The Kier molecular flexibility index (Phi) is 9.33. The number of benzene rings is 3. The first kappa shape index (κ1) is 26.4. The Morgan fingerprint density at radius 1 is 1.00 bits per heavy atom. The zero-order valence-electron chi connectivity index (χ0n) is 17.8. The highest BCUT2D eigenvalue weighted by Crippen LogP contribution is 2.28. The van der Waals surface area contributed by atoms with Crippen molar-refractivity contribution in [3.8, 4) is 0 Å². The maximum absolute atomic E-state index is 12.9. The van der Waals surface area contributed by atoms with Gasteiger partial charge in [-0.1, -0.05) is 56.8 Å². The van der Waals surface area contributed by atoms with Gasteiger partial charge in [-0.05, 0) is 73.7 Å². The molecule has 5 nitrogen and oxygen atoms in total. The summed E-state index contributed by atoms with van der Waals surface area (Å²) in [5.74, 6) is -0.912.